The van der Waals surface area contributed by atoms with Gasteiger partial charge in [-0.25, -0.2) is 4.90 Å². The molecule has 0 unspecified atom stereocenters. The fraction of sp³-hybridized carbons (Fsp3) is 0. The molecule has 2 amide bonds. The Bertz CT molecular complexity index is 972. The van der Waals surface area contributed by atoms with Crippen LogP contribution in [0.2, 0.25) is 0 Å². The van der Waals surface area contributed by atoms with Crippen LogP contribution in [-0.4, -0.2) is 11.8 Å². The van der Waals surface area contributed by atoms with E-state index in [0.717, 1.165) is 16.5 Å². The number of imide groups is 1. The lowest BCUT2D eigenvalue weighted by atomic mass is 10.1. The third-order valence-electron chi connectivity index (χ3n) is 3.98. The first kappa shape index (κ1) is 14.2. The quantitative estimate of drug-likeness (QED) is 0.750. The molecule has 3 aromatic carbocycles. The predicted molar refractivity (Wildman–Crippen MR) is 94.6 cm³/mol. The zero-order chi connectivity index (χ0) is 16.5. The third kappa shape index (κ3) is 2.34. The average molecular weight is 314 g/mol. The van der Waals surface area contributed by atoms with Gasteiger partial charge in [-0.1, -0.05) is 54.6 Å². The van der Waals surface area contributed by atoms with Crippen molar-refractivity contribution in [2.75, 3.05) is 10.2 Å². The number of hydrogen-bond donors (Lipinski definition) is 1. The van der Waals surface area contributed by atoms with Crippen LogP contribution in [0.3, 0.4) is 0 Å². The first-order chi connectivity index (χ1) is 11.7. The van der Waals surface area contributed by atoms with Gasteiger partial charge in [0, 0.05) is 17.1 Å². The van der Waals surface area contributed by atoms with Gasteiger partial charge in [0.15, 0.2) is 0 Å². The van der Waals surface area contributed by atoms with E-state index in [4.69, 9.17) is 0 Å². The van der Waals surface area contributed by atoms with Crippen molar-refractivity contribution in [3.63, 3.8) is 0 Å². The molecular weight excluding hydrogens is 300 g/mol. The number of carbonyl (C=O) groups is 2. The molecule has 1 N–H and O–H groups in total. The van der Waals surface area contributed by atoms with Crippen molar-refractivity contribution in [2.45, 2.75) is 0 Å². The molecule has 24 heavy (non-hydrogen) atoms. The van der Waals surface area contributed by atoms with Gasteiger partial charge in [0.25, 0.3) is 11.8 Å². The van der Waals surface area contributed by atoms with Gasteiger partial charge in [-0.2, -0.15) is 0 Å². The fourth-order valence-corrected chi connectivity index (χ4v) is 2.87. The van der Waals surface area contributed by atoms with Gasteiger partial charge < -0.3 is 5.32 Å². The van der Waals surface area contributed by atoms with E-state index in [2.05, 4.69) is 5.32 Å². The molecule has 0 radical (unpaired) electrons. The Morgan fingerprint density at radius 1 is 0.750 bits per heavy atom. The molecule has 0 bridgehead atoms. The van der Waals surface area contributed by atoms with Crippen molar-refractivity contribution in [2.24, 2.45) is 0 Å². The van der Waals surface area contributed by atoms with Crippen molar-refractivity contribution in [1.82, 2.24) is 0 Å². The third-order valence-corrected chi connectivity index (χ3v) is 3.98. The van der Waals surface area contributed by atoms with Crippen molar-refractivity contribution >= 4 is 34.0 Å². The molecule has 0 fully saturated rings. The van der Waals surface area contributed by atoms with Crippen molar-refractivity contribution in [1.29, 1.82) is 0 Å². The summed E-state index contributed by atoms with van der Waals surface area (Å²) in [4.78, 5) is 26.4. The zero-order valence-corrected chi connectivity index (χ0v) is 12.8. The number of rotatable bonds is 3. The number of benzene rings is 3. The molecule has 1 aliphatic heterocycles. The highest BCUT2D eigenvalue weighted by molar-refractivity contribution is 6.33. The molecule has 4 nitrogen and oxygen atoms in total. The van der Waals surface area contributed by atoms with Crippen molar-refractivity contribution < 1.29 is 9.59 Å². The predicted octanol–water partition coefficient (Wildman–Crippen LogP) is 3.71. The van der Waals surface area contributed by atoms with E-state index in [1.54, 1.807) is 6.07 Å². The summed E-state index contributed by atoms with van der Waals surface area (Å²) in [6.45, 7) is 0. The highest BCUT2D eigenvalue weighted by atomic mass is 16.2. The van der Waals surface area contributed by atoms with E-state index in [1.165, 1.54) is 11.0 Å². The molecule has 4 heteroatoms. The summed E-state index contributed by atoms with van der Waals surface area (Å²) >= 11 is 0. The summed E-state index contributed by atoms with van der Waals surface area (Å²) in [7, 11) is 0. The second-order valence-corrected chi connectivity index (χ2v) is 5.53. The number of para-hydroxylation sites is 1. The minimum Gasteiger partial charge on any atom is -0.351 e. The smallest absolute Gasteiger partial charge is 0.281 e. The van der Waals surface area contributed by atoms with Crippen LogP contribution >= 0.6 is 0 Å². The molecule has 4 rings (SSSR count). The van der Waals surface area contributed by atoms with E-state index in [9.17, 15) is 9.59 Å². The Labute approximate surface area is 139 Å². The van der Waals surface area contributed by atoms with Gasteiger partial charge in [-0.15, -0.1) is 0 Å². The second-order valence-electron chi connectivity index (χ2n) is 5.53. The SMILES string of the molecule is O=C1C=C(Nc2ccccc2)C(=O)N1c1cccc2ccccc12. The number of carbonyl (C=O) groups excluding carboxylic acids is 2. The number of nitrogens with zero attached hydrogens (tertiary/aromatic N) is 1. The topological polar surface area (TPSA) is 49.4 Å². The largest absolute Gasteiger partial charge is 0.351 e. The first-order valence-corrected chi connectivity index (χ1v) is 7.64. The van der Waals surface area contributed by atoms with E-state index in [-0.39, 0.29) is 17.5 Å². The average Bonchev–Trinajstić information content (AvgIpc) is 2.89. The minimum absolute atomic E-state index is 0.277. The molecule has 0 saturated carbocycles. The van der Waals surface area contributed by atoms with Crippen LogP contribution in [0.15, 0.2) is 84.6 Å². The second kappa shape index (κ2) is 5.66. The highest BCUT2D eigenvalue weighted by Crippen LogP contribution is 2.30. The minimum atomic E-state index is -0.347. The fourth-order valence-electron chi connectivity index (χ4n) is 2.87. The van der Waals surface area contributed by atoms with Crippen molar-refractivity contribution in [3.8, 4) is 0 Å². The zero-order valence-electron chi connectivity index (χ0n) is 12.8. The number of hydrogen-bond acceptors (Lipinski definition) is 3. The lowest BCUT2D eigenvalue weighted by molar-refractivity contribution is -0.120. The van der Waals surface area contributed by atoms with Gasteiger partial charge in [-0.3, -0.25) is 9.59 Å². The van der Waals surface area contributed by atoms with Crippen LogP contribution in [0, 0.1) is 0 Å². The Balaban J connectivity index is 1.71. The first-order valence-electron chi connectivity index (χ1n) is 7.64. The number of anilines is 2. The Hall–Kier alpha value is -3.40. The normalized spacial score (nSPS) is 14.2. The van der Waals surface area contributed by atoms with Gasteiger partial charge in [0.2, 0.25) is 0 Å². The summed E-state index contributed by atoms with van der Waals surface area (Å²) in [6.07, 6.45) is 1.34. The van der Waals surface area contributed by atoms with Crippen LogP contribution in [-0.2, 0) is 9.59 Å². The highest BCUT2D eigenvalue weighted by Gasteiger charge is 2.33. The lowest BCUT2D eigenvalue weighted by Gasteiger charge is -2.17. The summed E-state index contributed by atoms with van der Waals surface area (Å²) in [5, 5.41) is 4.88. The van der Waals surface area contributed by atoms with E-state index < -0.39 is 0 Å². The molecular formula is C20H14N2O2. The molecule has 116 valence electrons. The maximum absolute atomic E-state index is 12.7. The van der Waals surface area contributed by atoms with Crippen LogP contribution in [0.4, 0.5) is 11.4 Å². The molecule has 0 aromatic heterocycles. The maximum Gasteiger partial charge on any atom is 0.281 e. The molecule has 1 heterocycles. The van der Waals surface area contributed by atoms with Gasteiger partial charge in [-0.05, 0) is 23.6 Å². The summed E-state index contributed by atoms with van der Waals surface area (Å²) in [6, 6.07) is 22.6. The van der Waals surface area contributed by atoms with Crippen LogP contribution in [0.5, 0.6) is 0 Å². The standard InChI is InChI=1S/C20H14N2O2/c23-19-13-17(21-15-9-2-1-3-10-15)20(24)22(19)18-12-6-8-14-7-4-5-11-16(14)18/h1-13,21H. The molecule has 0 saturated heterocycles. The lowest BCUT2D eigenvalue weighted by Crippen LogP contribution is -2.32. The molecule has 1 aliphatic rings. The van der Waals surface area contributed by atoms with E-state index in [1.807, 2.05) is 66.7 Å². The molecule has 3 aromatic rings. The van der Waals surface area contributed by atoms with Crippen LogP contribution < -0.4 is 10.2 Å². The van der Waals surface area contributed by atoms with Gasteiger partial charge in [0.05, 0.1) is 5.69 Å². The Morgan fingerprint density at radius 3 is 2.29 bits per heavy atom. The molecule has 0 atom stereocenters. The summed E-state index contributed by atoms with van der Waals surface area (Å²) in [5.41, 5.74) is 1.65. The monoisotopic (exact) mass is 314 g/mol. The van der Waals surface area contributed by atoms with Gasteiger partial charge in [0.1, 0.15) is 5.70 Å². The molecule has 0 spiro atoms. The Morgan fingerprint density at radius 2 is 1.46 bits per heavy atom. The summed E-state index contributed by atoms with van der Waals surface area (Å²) in [5.74, 6) is -0.685. The number of amides is 2. The number of nitrogens with one attached hydrogen (secondary N) is 1. The van der Waals surface area contributed by atoms with E-state index in [0.29, 0.717) is 5.69 Å². The van der Waals surface area contributed by atoms with Crippen LogP contribution in [0.25, 0.3) is 10.8 Å². The van der Waals surface area contributed by atoms with Crippen molar-refractivity contribution in [3.05, 3.63) is 84.6 Å². The Kier molecular flexibility index (Phi) is 3.35. The molecule has 0 aliphatic carbocycles. The van der Waals surface area contributed by atoms with Crippen LogP contribution in [0.1, 0.15) is 0 Å². The maximum atomic E-state index is 12.7. The van der Waals surface area contributed by atoms with E-state index >= 15 is 0 Å². The number of fused-ring (bicyclic) bond motifs is 1. The van der Waals surface area contributed by atoms with Gasteiger partial charge >= 0.3 is 0 Å². The summed E-state index contributed by atoms with van der Waals surface area (Å²) < 4.78 is 0.